The number of hydrogen-bond donors (Lipinski definition) is 1. The molecule has 0 spiro atoms. The Morgan fingerprint density at radius 3 is 2.47 bits per heavy atom. The van der Waals surface area contributed by atoms with Crippen LogP contribution in [0.4, 0.5) is 0 Å². The second-order valence-corrected chi connectivity index (χ2v) is 4.58. The highest BCUT2D eigenvalue weighted by molar-refractivity contribution is 5.93. The van der Waals surface area contributed by atoms with Crippen molar-refractivity contribution in [2.75, 3.05) is 14.2 Å². The van der Waals surface area contributed by atoms with Gasteiger partial charge in [0, 0.05) is 19.2 Å². The van der Waals surface area contributed by atoms with Gasteiger partial charge in [0.15, 0.2) is 0 Å². The molecule has 0 atom stereocenters. The molecule has 5 heteroatoms. The molecule has 1 aromatic rings. The smallest absolute Gasteiger partial charge is 0.312 e. The Kier molecular flexibility index (Phi) is 4.92. The summed E-state index contributed by atoms with van der Waals surface area (Å²) in [4.78, 5) is 23.6. The lowest BCUT2D eigenvalue weighted by Gasteiger charge is -2.20. The van der Waals surface area contributed by atoms with E-state index in [1.54, 1.807) is 14.2 Å². The van der Waals surface area contributed by atoms with Gasteiger partial charge in [-0.3, -0.25) is 9.59 Å². The molecule has 104 valence electrons. The molecule has 0 bridgehead atoms. The van der Waals surface area contributed by atoms with Crippen molar-refractivity contribution in [1.82, 2.24) is 4.90 Å². The highest BCUT2D eigenvalue weighted by atomic mass is 16.5. The van der Waals surface area contributed by atoms with Crippen LogP contribution in [-0.2, 0) is 16.1 Å². The van der Waals surface area contributed by atoms with E-state index in [9.17, 15) is 9.59 Å². The molecule has 1 aromatic carbocycles. The summed E-state index contributed by atoms with van der Waals surface area (Å²) in [6, 6.07) is 3.91. The van der Waals surface area contributed by atoms with Crippen LogP contribution in [0.2, 0.25) is 0 Å². The van der Waals surface area contributed by atoms with Gasteiger partial charge in [0.25, 0.3) is 0 Å². The Morgan fingerprint density at radius 1 is 1.32 bits per heavy atom. The predicted octanol–water partition coefficient (Wildman–Crippen LogP) is 1.75. The van der Waals surface area contributed by atoms with Gasteiger partial charge in [-0.15, -0.1) is 0 Å². The van der Waals surface area contributed by atoms with Crippen LogP contribution in [0.5, 0.6) is 5.75 Å². The van der Waals surface area contributed by atoms with E-state index >= 15 is 0 Å². The number of carbonyl (C=O) groups is 2. The first-order valence-electron chi connectivity index (χ1n) is 5.95. The number of aliphatic carboxylic acids is 1. The monoisotopic (exact) mass is 265 g/mol. The molecule has 0 aliphatic carbocycles. The molecular formula is C14H19NO4. The quantitative estimate of drug-likeness (QED) is 0.824. The zero-order chi connectivity index (χ0) is 14.6. The first-order valence-corrected chi connectivity index (χ1v) is 5.95. The highest BCUT2D eigenvalue weighted by Gasteiger charge is 2.16. The van der Waals surface area contributed by atoms with Crippen LogP contribution in [0.3, 0.4) is 0 Å². The number of carboxylic acids is 1. The number of rotatable bonds is 5. The number of carboxylic acid groups (broad SMARTS) is 1. The number of benzene rings is 1. The van der Waals surface area contributed by atoms with E-state index < -0.39 is 18.3 Å². The van der Waals surface area contributed by atoms with Crippen molar-refractivity contribution in [2.24, 2.45) is 0 Å². The van der Waals surface area contributed by atoms with E-state index in [0.29, 0.717) is 12.3 Å². The Hall–Kier alpha value is -2.04. The molecule has 5 nitrogen and oxygen atoms in total. The van der Waals surface area contributed by atoms with Crippen LogP contribution in [-0.4, -0.2) is 36.0 Å². The molecule has 1 rings (SSSR count). The summed E-state index contributed by atoms with van der Waals surface area (Å²) in [5.74, 6) is -0.827. The van der Waals surface area contributed by atoms with Crippen LogP contribution in [0, 0.1) is 13.8 Å². The Balaban J connectivity index is 2.93. The Bertz CT molecular complexity index is 496. The SMILES string of the molecule is COc1cc(C)cc(C)c1CN(C)C(=O)CC(=O)O. The summed E-state index contributed by atoms with van der Waals surface area (Å²) in [7, 11) is 3.17. The summed E-state index contributed by atoms with van der Waals surface area (Å²) in [5, 5.41) is 8.62. The van der Waals surface area contributed by atoms with Crippen molar-refractivity contribution in [2.45, 2.75) is 26.8 Å². The lowest BCUT2D eigenvalue weighted by molar-refractivity contribution is -0.143. The predicted molar refractivity (Wildman–Crippen MR) is 71.2 cm³/mol. The second kappa shape index (κ2) is 6.22. The number of ether oxygens (including phenoxy) is 1. The number of hydrogen-bond acceptors (Lipinski definition) is 3. The van der Waals surface area contributed by atoms with Gasteiger partial charge in [0.2, 0.25) is 5.91 Å². The molecule has 0 radical (unpaired) electrons. The molecular weight excluding hydrogens is 246 g/mol. The van der Waals surface area contributed by atoms with Crippen molar-refractivity contribution in [3.8, 4) is 5.75 Å². The average Bonchev–Trinajstić information content (AvgIpc) is 2.30. The maximum Gasteiger partial charge on any atom is 0.312 e. The molecule has 0 aliphatic heterocycles. The molecule has 0 saturated heterocycles. The van der Waals surface area contributed by atoms with Gasteiger partial charge >= 0.3 is 5.97 Å². The van der Waals surface area contributed by atoms with E-state index in [1.165, 1.54) is 4.90 Å². The first kappa shape index (κ1) is 15.0. The molecule has 0 aliphatic rings. The van der Waals surface area contributed by atoms with Crippen LogP contribution in [0.25, 0.3) is 0 Å². The van der Waals surface area contributed by atoms with Gasteiger partial charge in [-0.2, -0.15) is 0 Å². The van der Waals surface area contributed by atoms with Crippen LogP contribution in [0.15, 0.2) is 12.1 Å². The molecule has 0 saturated carbocycles. The molecule has 0 heterocycles. The van der Waals surface area contributed by atoms with E-state index in [-0.39, 0.29) is 0 Å². The van der Waals surface area contributed by atoms with Gasteiger partial charge in [0.05, 0.1) is 7.11 Å². The maximum atomic E-state index is 11.6. The van der Waals surface area contributed by atoms with Gasteiger partial charge in [0.1, 0.15) is 12.2 Å². The zero-order valence-corrected chi connectivity index (χ0v) is 11.7. The van der Waals surface area contributed by atoms with Gasteiger partial charge in [-0.25, -0.2) is 0 Å². The molecule has 1 amide bonds. The third-order valence-electron chi connectivity index (χ3n) is 2.92. The van der Waals surface area contributed by atoms with Gasteiger partial charge in [-0.1, -0.05) is 6.07 Å². The third kappa shape index (κ3) is 3.98. The first-order chi connectivity index (χ1) is 8.85. The summed E-state index contributed by atoms with van der Waals surface area (Å²) < 4.78 is 5.31. The largest absolute Gasteiger partial charge is 0.496 e. The summed E-state index contributed by atoms with van der Waals surface area (Å²) in [6.07, 6.45) is -0.496. The lowest BCUT2D eigenvalue weighted by Crippen LogP contribution is -2.28. The van der Waals surface area contributed by atoms with E-state index in [0.717, 1.165) is 16.7 Å². The summed E-state index contributed by atoms with van der Waals surface area (Å²) in [5.41, 5.74) is 3.00. The normalized spacial score (nSPS) is 10.1. The standard InChI is InChI=1S/C14H19NO4/c1-9-5-10(2)11(12(6-9)19-4)8-15(3)13(16)7-14(17)18/h5-6H,7-8H2,1-4H3,(H,17,18). The van der Waals surface area contributed by atoms with Crippen molar-refractivity contribution in [3.05, 3.63) is 28.8 Å². The fourth-order valence-corrected chi connectivity index (χ4v) is 1.93. The second-order valence-electron chi connectivity index (χ2n) is 4.58. The summed E-state index contributed by atoms with van der Waals surface area (Å²) in [6.45, 7) is 4.25. The number of aryl methyl sites for hydroxylation is 2. The summed E-state index contributed by atoms with van der Waals surface area (Å²) >= 11 is 0. The van der Waals surface area contributed by atoms with E-state index in [2.05, 4.69) is 0 Å². The highest BCUT2D eigenvalue weighted by Crippen LogP contribution is 2.25. The van der Waals surface area contributed by atoms with Crippen LogP contribution in [0.1, 0.15) is 23.1 Å². The minimum atomic E-state index is -1.12. The van der Waals surface area contributed by atoms with Gasteiger partial charge < -0.3 is 14.7 Å². The number of nitrogens with zero attached hydrogens (tertiary/aromatic N) is 1. The molecule has 1 N–H and O–H groups in total. The zero-order valence-electron chi connectivity index (χ0n) is 11.7. The minimum Gasteiger partial charge on any atom is -0.496 e. The molecule has 19 heavy (non-hydrogen) atoms. The Morgan fingerprint density at radius 2 is 1.95 bits per heavy atom. The van der Waals surface area contributed by atoms with E-state index in [4.69, 9.17) is 9.84 Å². The lowest BCUT2D eigenvalue weighted by atomic mass is 10.0. The Labute approximate surface area is 112 Å². The van der Waals surface area contributed by atoms with Crippen molar-refractivity contribution in [1.29, 1.82) is 0 Å². The number of amides is 1. The topological polar surface area (TPSA) is 66.8 Å². The fraction of sp³-hybridized carbons (Fsp3) is 0.429. The van der Waals surface area contributed by atoms with E-state index in [1.807, 2.05) is 26.0 Å². The number of methoxy groups -OCH3 is 1. The molecule has 0 fully saturated rings. The maximum absolute atomic E-state index is 11.6. The molecule has 0 unspecified atom stereocenters. The van der Waals surface area contributed by atoms with Crippen LogP contribution >= 0.6 is 0 Å². The van der Waals surface area contributed by atoms with Crippen molar-refractivity contribution in [3.63, 3.8) is 0 Å². The third-order valence-corrected chi connectivity index (χ3v) is 2.92. The van der Waals surface area contributed by atoms with Crippen molar-refractivity contribution < 1.29 is 19.4 Å². The number of carbonyl (C=O) groups excluding carboxylic acids is 1. The van der Waals surface area contributed by atoms with Crippen molar-refractivity contribution >= 4 is 11.9 Å². The van der Waals surface area contributed by atoms with Crippen LogP contribution < -0.4 is 4.74 Å². The van der Waals surface area contributed by atoms with Gasteiger partial charge in [-0.05, 0) is 31.0 Å². The fourth-order valence-electron chi connectivity index (χ4n) is 1.93. The molecule has 0 aromatic heterocycles. The average molecular weight is 265 g/mol. The minimum absolute atomic E-state index is 0.335.